The first-order chi connectivity index (χ1) is 8.52. The van der Waals surface area contributed by atoms with Gasteiger partial charge in [-0.25, -0.2) is 13.4 Å². The highest BCUT2D eigenvalue weighted by Crippen LogP contribution is 2.23. The number of aromatic nitrogens is 1. The van der Waals surface area contributed by atoms with Crippen molar-refractivity contribution in [2.45, 2.75) is 19.9 Å². The molecule has 1 fully saturated rings. The Labute approximate surface area is 108 Å². The molecule has 2 rings (SSSR count). The lowest BCUT2D eigenvalue weighted by molar-refractivity contribution is 0.568. The molecule has 1 N–H and O–H groups in total. The highest BCUT2D eigenvalue weighted by atomic mass is 32.2. The van der Waals surface area contributed by atoms with Crippen LogP contribution in [0.15, 0.2) is 18.3 Å². The summed E-state index contributed by atoms with van der Waals surface area (Å²) in [6.07, 6.45) is 1.75. The Hall–Kier alpha value is -1.30. The first kappa shape index (κ1) is 13.1. The fraction of sp³-hybridized carbons (Fsp3) is 0.583. The average Bonchev–Trinajstić information content (AvgIpc) is 2.28. The first-order valence-corrected chi connectivity index (χ1v) is 8.01. The average molecular weight is 269 g/mol. The SMILES string of the molecule is CCNc1cc(N2CCS(=O)(=O)CC2C)ccn1. The van der Waals surface area contributed by atoms with E-state index in [1.54, 1.807) is 6.20 Å². The van der Waals surface area contributed by atoms with E-state index < -0.39 is 9.84 Å². The second-order valence-corrected chi connectivity index (χ2v) is 6.82. The van der Waals surface area contributed by atoms with E-state index in [2.05, 4.69) is 15.2 Å². The standard InChI is InChI=1S/C12H19N3O2S/c1-3-13-12-8-11(4-5-14-12)15-6-7-18(16,17)9-10(15)2/h4-5,8,10H,3,6-7,9H2,1-2H3,(H,13,14). The van der Waals surface area contributed by atoms with E-state index in [-0.39, 0.29) is 17.5 Å². The Balaban J connectivity index is 2.19. The van der Waals surface area contributed by atoms with Gasteiger partial charge in [0, 0.05) is 37.1 Å². The molecule has 5 nitrogen and oxygen atoms in total. The summed E-state index contributed by atoms with van der Waals surface area (Å²) in [6, 6.07) is 3.91. The highest BCUT2D eigenvalue weighted by molar-refractivity contribution is 7.91. The van der Waals surface area contributed by atoms with E-state index >= 15 is 0 Å². The molecule has 1 aliphatic rings. The molecular formula is C12H19N3O2S. The normalized spacial score (nSPS) is 22.8. The molecule has 0 spiro atoms. The van der Waals surface area contributed by atoms with Gasteiger partial charge < -0.3 is 10.2 Å². The summed E-state index contributed by atoms with van der Waals surface area (Å²) in [4.78, 5) is 6.35. The van der Waals surface area contributed by atoms with Gasteiger partial charge in [0.25, 0.3) is 0 Å². The lowest BCUT2D eigenvalue weighted by Gasteiger charge is -2.35. The van der Waals surface area contributed by atoms with E-state index in [1.807, 2.05) is 26.0 Å². The van der Waals surface area contributed by atoms with Crippen LogP contribution in [0.5, 0.6) is 0 Å². The maximum Gasteiger partial charge on any atom is 0.154 e. The molecule has 18 heavy (non-hydrogen) atoms. The summed E-state index contributed by atoms with van der Waals surface area (Å²) in [5, 5.41) is 3.16. The molecule has 0 amide bonds. The van der Waals surface area contributed by atoms with E-state index in [9.17, 15) is 8.42 Å². The van der Waals surface area contributed by atoms with E-state index in [0.717, 1.165) is 18.1 Å². The van der Waals surface area contributed by atoms with Crippen LogP contribution in [-0.4, -0.2) is 44.0 Å². The monoisotopic (exact) mass is 269 g/mol. The maximum atomic E-state index is 11.6. The Kier molecular flexibility index (Phi) is 3.75. The van der Waals surface area contributed by atoms with Crippen LogP contribution in [0.4, 0.5) is 11.5 Å². The number of pyridine rings is 1. The lowest BCUT2D eigenvalue weighted by atomic mass is 10.2. The van der Waals surface area contributed by atoms with Crippen molar-refractivity contribution in [3.63, 3.8) is 0 Å². The Morgan fingerprint density at radius 2 is 2.33 bits per heavy atom. The molecule has 100 valence electrons. The number of rotatable bonds is 3. The van der Waals surface area contributed by atoms with Crippen molar-refractivity contribution >= 4 is 21.3 Å². The molecule has 1 aromatic rings. The Bertz CT molecular complexity index is 516. The van der Waals surface area contributed by atoms with Crippen LogP contribution < -0.4 is 10.2 Å². The molecule has 0 aromatic carbocycles. The number of hydrogen-bond acceptors (Lipinski definition) is 5. The second kappa shape index (κ2) is 5.14. The summed E-state index contributed by atoms with van der Waals surface area (Å²) in [5.74, 6) is 1.29. The third kappa shape index (κ3) is 2.93. The summed E-state index contributed by atoms with van der Waals surface area (Å²) in [5.41, 5.74) is 1.03. The third-order valence-electron chi connectivity index (χ3n) is 3.10. The minimum Gasteiger partial charge on any atom is -0.370 e. The van der Waals surface area contributed by atoms with Crippen LogP contribution >= 0.6 is 0 Å². The molecule has 1 aliphatic heterocycles. The van der Waals surface area contributed by atoms with Crippen molar-refractivity contribution in [1.82, 2.24) is 4.98 Å². The lowest BCUT2D eigenvalue weighted by Crippen LogP contribution is -2.47. The minimum absolute atomic E-state index is 0.0145. The van der Waals surface area contributed by atoms with E-state index in [0.29, 0.717) is 6.54 Å². The van der Waals surface area contributed by atoms with Crippen LogP contribution in [0.1, 0.15) is 13.8 Å². The molecular weight excluding hydrogens is 250 g/mol. The topological polar surface area (TPSA) is 62.3 Å². The first-order valence-electron chi connectivity index (χ1n) is 6.19. The van der Waals surface area contributed by atoms with Crippen molar-refractivity contribution in [2.24, 2.45) is 0 Å². The zero-order chi connectivity index (χ0) is 13.2. The summed E-state index contributed by atoms with van der Waals surface area (Å²) >= 11 is 0. The number of nitrogens with one attached hydrogen (secondary N) is 1. The molecule has 0 aliphatic carbocycles. The molecule has 0 bridgehead atoms. The van der Waals surface area contributed by atoms with Crippen LogP contribution in [-0.2, 0) is 9.84 Å². The molecule has 0 saturated carbocycles. The molecule has 6 heteroatoms. The van der Waals surface area contributed by atoms with Crippen molar-refractivity contribution in [1.29, 1.82) is 0 Å². The van der Waals surface area contributed by atoms with Gasteiger partial charge >= 0.3 is 0 Å². The van der Waals surface area contributed by atoms with Gasteiger partial charge in [0.1, 0.15) is 5.82 Å². The number of anilines is 2. The fourth-order valence-electron chi connectivity index (χ4n) is 2.26. The van der Waals surface area contributed by atoms with Gasteiger partial charge in [-0.2, -0.15) is 0 Å². The number of sulfone groups is 1. The van der Waals surface area contributed by atoms with E-state index in [4.69, 9.17) is 0 Å². The Morgan fingerprint density at radius 1 is 1.56 bits per heavy atom. The second-order valence-electron chi connectivity index (χ2n) is 4.59. The van der Waals surface area contributed by atoms with Crippen LogP contribution in [0.25, 0.3) is 0 Å². The zero-order valence-electron chi connectivity index (χ0n) is 10.8. The smallest absolute Gasteiger partial charge is 0.154 e. The van der Waals surface area contributed by atoms with Crippen LogP contribution in [0.2, 0.25) is 0 Å². The summed E-state index contributed by atoms with van der Waals surface area (Å²) in [6.45, 7) is 5.34. The molecule has 0 radical (unpaired) electrons. The molecule has 1 unspecified atom stereocenters. The van der Waals surface area contributed by atoms with E-state index in [1.165, 1.54) is 0 Å². The maximum absolute atomic E-state index is 11.6. The van der Waals surface area contributed by atoms with Crippen LogP contribution in [0.3, 0.4) is 0 Å². The third-order valence-corrected chi connectivity index (χ3v) is 4.90. The van der Waals surface area contributed by atoms with Crippen molar-refractivity contribution in [3.8, 4) is 0 Å². The summed E-state index contributed by atoms with van der Waals surface area (Å²) in [7, 11) is -2.87. The van der Waals surface area contributed by atoms with Gasteiger partial charge in [0.05, 0.1) is 11.5 Å². The number of hydrogen-bond donors (Lipinski definition) is 1. The fourth-order valence-corrected chi connectivity index (χ4v) is 3.81. The number of nitrogens with zero attached hydrogens (tertiary/aromatic N) is 2. The predicted molar refractivity (Wildman–Crippen MR) is 73.9 cm³/mol. The molecule has 1 atom stereocenters. The predicted octanol–water partition coefficient (Wildman–Crippen LogP) is 1.14. The van der Waals surface area contributed by atoms with Gasteiger partial charge in [-0.15, -0.1) is 0 Å². The Morgan fingerprint density at radius 3 is 3.00 bits per heavy atom. The highest BCUT2D eigenvalue weighted by Gasteiger charge is 2.28. The molecule has 1 aromatic heterocycles. The van der Waals surface area contributed by atoms with Crippen LogP contribution in [0, 0.1) is 0 Å². The van der Waals surface area contributed by atoms with Gasteiger partial charge in [-0.3, -0.25) is 0 Å². The van der Waals surface area contributed by atoms with Gasteiger partial charge in [-0.05, 0) is 19.9 Å². The quantitative estimate of drug-likeness (QED) is 0.891. The summed E-state index contributed by atoms with van der Waals surface area (Å²) < 4.78 is 23.1. The zero-order valence-corrected chi connectivity index (χ0v) is 11.6. The van der Waals surface area contributed by atoms with Crippen molar-refractivity contribution < 1.29 is 8.42 Å². The van der Waals surface area contributed by atoms with Gasteiger partial charge in [0.15, 0.2) is 9.84 Å². The van der Waals surface area contributed by atoms with Gasteiger partial charge in [-0.1, -0.05) is 0 Å². The molecule has 1 saturated heterocycles. The van der Waals surface area contributed by atoms with Gasteiger partial charge in [0.2, 0.25) is 0 Å². The molecule has 2 heterocycles. The largest absolute Gasteiger partial charge is 0.370 e. The van der Waals surface area contributed by atoms with Crippen molar-refractivity contribution in [2.75, 3.05) is 34.8 Å². The minimum atomic E-state index is -2.87. The van der Waals surface area contributed by atoms with Crippen molar-refractivity contribution in [3.05, 3.63) is 18.3 Å².